The largest absolute Gasteiger partial charge is 0.373 e. The number of ether oxygens (including phenoxy) is 1. The summed E-state index contributed by atoms with van der Waals surface area (Å²) < 4.78 is 10.7. The molecule has 88 valence electrons. The lowest BCUT2D eigenvalue weighted by atomic mass is 10.00. The zero-order valence-electron chi connectivity index (χ0n) is 9.48. The SMILES string of the molecule is COC(c1noc(CC2CNC2)n1)C1CC1. The predicted molar refractivity (Wildman–Crippen MR) is 56.8 cm³/mol. The third kappa shape index (κ3) is 1.97. The molecular formula is C11H17N3O2. The lowest BCUT2D eigenvalue weighted by molar-refractivity contribution is 0.0751. The molecule has 5 nitrogen and oxygen atoms in total. The van der Waals surface area contributed by atoms with Gasteiger partial charge in [-0.2, -0.15) is 4.98 Å². The van der Waals surface area contributed by atoms with E-state index in [1.54, 1.807) is 7.11 Å². The summed E-state index contributed by atoms with van der Waals surface area (Å²) in [6, 6.07) is 0. The van der Waals surface area contributed by atoms with Gasteiger partial charge in [0.2, 0.25) is 11.7 Å². The molecule has 0 spiro atoms. The molecule has 1 aromatic rings. The van der Waals surface area contributed by atoms with Crippen LogP contribution in [0.15, 0.2) is 4.52 Å². The molecule has 0 amide bonds. The summed E-state index contributed by atoms with van der Waals surface area (Å²) in [5.41, 5.74) is 0. The third-order valence-corrected chi connectivity index (χ3v) is 3.37. The lowest BCUT2D eigenvalue weighted by Gasteiger charge is -2.25. The minimum atomic E-state index is 0.0389. The van der Waals surface area contributed by atoms with Gasteiger partial charge in [0.1, 0.15) is 6.10 Å². The molecule has 1 unspecified atom stereocenters. The first kappa shape index (κ1) is 10.2. The van der Waals surface area contributed by atoms with Crippen molar-refractivity contribution in [2.75, 3.05) is 20.2 Å². The van der Waals surface area contributed by atoms with E-state index in [9.17, 15) is 0 Å². The molecular weight excluding hydrogens is 206 g/mol. The molecule has 1 saturated carbocycles. The second-order valence-electron chi connectivity index (χ2n) is 4.77. The monoisotopic (exact) mass is 223 g/mol. The van der Waals surface area contributed by atoms with Crippen molar-refractivity contribution in [3.05, 3.63) is 11.7 Å². The number of rotatable bonds is 5. The van der Waals surface area contributed by atoms with Crippen molar-refractivity contribution in [2.45, 2.75) is 25.4 Å². The highest BCUT2D eigenvalue weighted by Crippen LogP contribution is 2.41. The topological polar surface area (TPSA) is 60.2 Å². The number of nitrogens with zero attached hydrogens (tertiary/aromatic N) is 2. The highest BCUT2D eigenvalue weighted by Gasteiger charge is 2.35. The summed E-state index contributed by atoms with van der Waals surface area (Å²) in [5.74, 6) is 2.74. The van der Waals surface area contributed by atoms with E-state index in [1.807, 2.05) is 0 Å². The predicted octanol–water partition coefficient (Wildman–Crippen LogP) is 0.929. The first-order valence-corrected chi connectivity index (χ1v) is 5.93. The summed E-state index contributed by atoms with van der Waals surface area (Å²) in [6.45, 7) is 2.13. The summed E-state index contributed by atoms with van der Waals surface area (Å²) in [4.78, 5) is 4.43. The molecule has 3 rings (SSSR count). The fourth-order valence-corrected chi connectivity index (χ4v) is 2.11. The Balaban J connectivity index is 1.65. The zero-order chi connectivity index (χ0) is 11.0. The summed E-state index contributed by atoms with van der Waals surface area (Å²) in [6.07, 6.45) is 3.36. The number of nitrogens with one attached hydrogen (secondary N) is 1. The summed E-state index contributed by atoms with van der Waals surface area (Å²) in [5, 5.41) is 7.26. The number of hydrogen-bond donors (Lipinski definition) is 1. The van der Waals surface area contributed by atoms with E-state index >= 15 is 0 Å². The fraction of sp³-hybridized carbons (Fsp3) is 0.818. The van der Waals surface area contributed by atoms with Gasteiger partial charge in [-0.25, -0.2) is 0 Å². The second kappa shape index (κ2) is 4.14. The molecule has 1 aliphatic heterocycles. The maximum absolute atomic E-state index is 5.42. The maximum atomic E-state index is 5.42. The molecule has 2 aliphatic rings. The van der Waals surface area contributed by atoms with Crippen LogP contribution in [-0.4, -0.2) is 30.3 Å². The highest BCUT2D eigenvalue weighted by atomic mass is 16.5. The molecule has 0 bridgehead atoms. The van der Waals surface area contributed by atoms with Crippen LogP contribution in [0.3, 0.4) is 0 Å². The number of methoxy groups -OCH3 is 1. The Morgan fingerprint density at radius 1 is 1.50 bits per heavy atom. The Morgan fingerprint density at radius 2 is 2.31 bits per heavy atom. The molecule has 1 atom stereocenters. The van der Waals surface area contributed by atoms with Crippen molar-refractivity contribution >= 4 is 0 Å². The van der Waals surface area contributed by atoms with Gasteiger partial charge < -0.3 is 14.6 Å². The van der Waals surface area contributed by atoms with Crippen LogP contribution in [0.4, 0.5) is 0 Å². The minimum Gasteiger partial charge on any atom is -0.373 e. The Labute approximate surface area is 94.6 Å². The van der Waals surface area contributed by atoms with Crippen LogP contribution >= 0.6 is 0 Å². The number of aromatic nitrogens is 2. The average molecular weight is 223 g/mol. The molecule has 16 heavy (non-hydrogen) atoms. The van der Waals surface area contributed by atoms with Crippen LogP contribution in [0, 0.1) is 11.8 Å². The maximum Gasteiger partial charge on any atom is 0.227 e. The Morgan fingerprint density at radius 3 is 2.88 bits per heavy atom. The standard InChI is InChI=1S/C11H17N3O2/c1-15-10(8-2-3-8)11-13-9(16-14-11)4-7-5-12-6-7/h7-8,10,12H,2-6H2,1H3. The van der Waals surface area contributed by atoms with Crippen LogP contribution in [0.25, 0.3) is 0 Å². The summed E-state index contributed by atoms with van der Waals surface area (Å²) >= 11 is 0. The van der Waals surface area contributed by atoms with Gasteiger partial charge in [-0.1, -0.05) is 5.16 Å². The van der Waals surface area contributed by atoms with E-state index in [2.05, 4.69) is 15.5 Å². The lowest BCUT2D eigenvalue weighted by Crippen LogP contribution is -2.43. The highest BCUT2D eigenvalue weighted by molar-refractivity contribution is 4.99. The van der Waals surface area contributed by atoms with Gasteiger partial charge >= 0.3 is 0 Å². The first-order chi connectivity index (χ1) is 7.86. The van der Waals surface area contributed by atoms with Crippen molar-refractivity contribution in [3.8, 4) is 0 Å². The van der Waals surface area contributed by atoms with Gasteiger partial charge in [-0.05, 0) is 37.8 Å². The molecule has 2 fully saturated rings. The van der Waals surface area contributed by atoms with Crippen LogP contribution in [0.1, 0.15) is 30.7 Å². The van der Waals surface area contributed by atoms with Crippen LogP contribution in [-0.2, 0) is 11.2 Å². The smallest absolute Gasteiger partial charge is 0.227 e. The molecule has 1 aliphatic carbocycles. The van der Waals surface area contributed by atoms with Gasteiger partial charge in [-0.15, -0.1) is 0 Å². The zero-order valence-corrected chi connectivity index (χ0v) is 9.48. The van der Waals surface area contributed by atoms with E-state index in [4.69, 9.17) is 9.26 Å². The van der Waals surface area contributed by atoms with Crippen molar-refractivity contribution in [1.29, 1.82) is 0 Å². The molecule has 2 heterocycles. The minimum absolute atomic E-state index is 0.0389. The van der Waals surface area contributed by atoms with Gasteiger partial charge in [0, 0.05) is 13.5 Å². The number of hydrogen-bond acceptors (Lipinski definition) is 5. The fourth-order valence-electron chi connectivity index (χ4n) is 2.11. The van der Waals surface area contributed by atoms with Gasteiger partial charge in [0.05, 0.1) is 0 Å². The Hall–Kier alpha value is -0.940. The quantitative estimate of drug-likeness (QED) is 0.804. The van der Waals surface area contributed by atoms with Gasteiger partial charge in [0.15, 0.2) is 0 Å². The second-order valence-corrected chi connectivity index (χ2v) is 4.77. The molecule has 0 radical (unpaired) electrons. The van der Waals surface area contributed by atoms with Gasteiger partial charge in [-0.3, -0.25) is 0 Å². The third-order valence-electron chi connectivity index (χ3n) is 3.37. The van der Waals surface area contributed by atoms with Crippen molar-refractivity contribution < 1.29 is 9.26 Å². The van der Waals surface area contributed by atoms with Crippen LogP contribution < -0.4 is 5.32 Å². The van der Waals surface area contributed by atoms with E-state index in [1.165, 1.54) is 12.8 Å². The van der Waals surface area contributed by atoms with Crippen molar-refractivity contribution in [2.24, 2.45) is 11.8 Å². The Kier molecular flexibility index (Phi) is 2.65. The Bertz CT molecular complexity index is 358. The molecule has 1 saturated heterocycles. The summed E-state index contributed by atoms with van der Waals surface area (Å²) in [7, 11) is 1.72. The van der Waals surface area contributed by atoms with E-state index in [0.29, 0.717) is 11.8 Å². The van der Waals surface area contributed by atoms with Crippen LogP contribution in [0.2, 0.25) is 0 Å². The first-order valence-electron chi connectivity index (χ1n) is 5.93. The van der Waals surface area contributed by atoms with E-state index in [-0.39, 0.29) is 6.10 Å². The molecule has 1 aromatic heterocycles. The average Bonchev–Trinajstić information content (AvgIpc) is 2.94. The molecule has 5 heteroatoms. The molecule has 1 N–H and O–H groups in total. The van der Waals surface area contributed by atoms with E-state index in [0.717, 1.165) is 31.2 Å². The van der Waals surface area contributed by atoms with Crippen molar-refractivity contribution in [1.82, 2.24) is 15.5 Å². The van der Waals surface area contributed by atoms with Gasteiger partial charge in [0.25, 0.3) is 0 Å². The van der Waals surface area contributed by atoms with Crippen LogP contribution in [0.5, 0.6) is 0 Å². The van der Waals surface area contributed by atoms with E-state index < -0.39 is 0 Å². The molecule has 0 aromatic carbocycles. The van der Waals surface area contributed by atoms with Crippen molar-refractivity contribution in [3.63, 3.8) is 0 Å². The normalized spacial score (nSPS) is 23.1.